The Labute approximate surface area is 91.3 Å². The van der Waals surface area contributed by atoms with Crippen LogP contribution in [0.25, 0.3) is 0 Å². The largest absolute Gasteiger partial charge is 0.393 e. The fourth-order valence-corrected chi connectivity index (χ4v) is 2.14. The molecule has 0 aromatic heterocycles. The first-order valence-corrected chi connectivity index (χ1v) is 5.63. The number of aliphatic hydroxyl groups is 1. The van der Waals surface area contributed by atoms with Crippen molar-refractivity contribution in [3.8, 4) is 0 Å². The summed E-state index contributed by atoms with van der Waals surface area (Å²) in [5.41, 5.74) is 4.93. The van der Waals surface area contributed by atoms with Crippen molar-refractivity contribution in [1.29, 1.82) is 0 Å². The molecular weight excluding hydrogens is 196 g/mol. The summed E-state index contributed by atoms with van der Waals surface area (Å²) < 4.78 is 0. The average Bonchev–Trinajstić information content (AvgIpc) is 2.01. The number of β-amino-alcohol motifs (C(OH)–C–C–N with tert-alkyl or cyclic N) is 1. The van der Waals surface area contributed by atoms with Gasteiger partial charge in [0.1, 0.15) is 0 Å². The second-order valence-corrected chi connectivity index (χ2v) is 4.97. The molecule has 1 aliphatic heterocycles. The van der Waals surface area contributed by atoms with E-state index >= 15 is 0 Å². The highest BCUT2D eigenvalue weighted by Gasteiger charge is 2.27. The number of piperidine rings is 1. The smallest absolute Gasteiger partial charge is 0.0746 e. The molecule has 1 aliphatic rings. The normalized spacial score (nSPS) is 29.0. The van der Waals surface area contributed by atoms with Crippen molar-refractivity contribution >= 4 is 17.2 Å². The number of rotatable bonds is 4. The summed E-state index contributed by atoms with van der Waals surface area (Å²) in [7, 11) is 0. The molecule has 0 saturated carbocycles. The zero-order valence-electron chi connectivity index (χ0n) is 8.83. The maximum atomic E-state index is 9.86. The van der Waals surface area contributed by atoms with E-state index in [1.165, 1.54) is 0 Å². The monoisotopic (exact) mass is 216 g/mol. The van der Waals surface area contributed by atoms with Crippen LogP contribution >= 0.6 is 12.2 Å². The molecule has 3 nitrogen and oxygen atoms in total. The second-order valence-electron chi connectivity index (χ2n) is 4.45. The molecule has 1 fully saturated rings. The zero-order valence-corrected chi connectivity index (χ0v) is 9.65. The van der Waals surface area contributed by atoms with Crippen LogP contribution in [0.15, 0.2) is 0 Å². The maximum absolute atomic E-state index is 9.86. The van der Waals surface area contributed by atoms with Gasteiger partial charge in [-0.15, -0.1) is 0 Å². The Morgan fingerprint density at radius 3 is 2.93 bits per heavy atom. The minimum absolute atomic E-state index is 0.499. The molecule has 1 atom stereocenters. The minimum Gasteiger partial charge on any atom is -0.393 e. The third kappa shape index (κ3) is 4.35. The number of nitrogens with zero attached hydrogens (tertiary/aromatic N) is 1. The standard InChI is InChI=1S/C10H20N2OS/c1-10(13)5-3-7-12(8-10)6-2-4-9(11)14/h13H,2-8H2,1H3,(H2,11,14). The van der Waals surface area contributed by atoms with Gasteiger partial charge < -0.3 is 15.7 Å². The van der Waals surface area contributed by atoms with E-state index in [0.29, 0.717) is 4.99 Å². The predicted octanol–water partition coefficient (Wildman–Crippen LogP) is 0.900. The molecule has 4 heteroatoms. The summed E-state index contributed by atoms with van der Waals surface area (Å²) in [6, 6.07) is 0. The van der Waals surface area contributed by atoms with Crippen LogP contribution in [0.1, 0.15) is 32.6 Å². The molecule has 3 N–H and O–H groups in total. The molecule has 0 spiro atoms. The van der Waals surface area contributed by atoms with Crippen molar-refractivity contribution in [2.75, 3.05) is 19.6 Å². The van der Waals surface area contributed by atoms with Crippen LogP contribution < -0.4 is 5.73 Å². The number of thiocarbonyl (C=S) groups is 1. The van der Waals surface area contributed by atoms with E-state index < -0.39 is 5.60 Å². The molecule has 82 valence electrons. The van der Waals surface area contributed by atoms with E-state index in [1.54, 1.807) is 0 Å². The van der Waals surface area contributed by atoms with Crippen molar-refractivity contribution < 1.29 is 5.11 Å². The summed E-state index contributed by atoms with van der Waals surface area (Å²) in [6.45, 7) is 4.78. The minimum atomic E-state index is -0.499. The highest BCUT2D eigenvalue weighted by Crippen LogP contribution is 2.20. The van der Waals surface area contributed by atoms with E-state index in [1.807, 2.05) is 6.92 Å². The van der Waals surface area contributed by atoms with Crippen LogP contribution in [0, 0.1) is 0 Å². The highest BCUT2D eigenvalue weighted by molar-refractivity contribution is 7.80. The Kier molecular flexibility index (Phi) is 4.29. The lowest BCUT2D eigenvalue weighted by Crippen LogP contribution is -2.46. The van der Waals surface area contributed by atoms with Crippen molar-refractivity contribution in [2.45, 2.75) is 38.2 Å². The summed E-state index contributed by atoms with van der Waals surface area (Å²) >= 11 is 4.82. The molecule has 0 bridgehead atoms. The molecule has 1 unspecified atom stereocenters. The van der Waals surface area contributed by atoms with Gasteiger partial charge in [0, 0.05) is 6.54 Å². The SMILES string of the molecule is CC1(O)CCCN(CCCC(N)=S)C1. The summed E-state index contributed by atoms with van der Waals surface area (Å²) in [5, 5.41) is 9.86. The molecular formula is C10H20N2OS. The Morgan fingerprint density at radius 2 is 2.36 bits per heavy atom. The second kappa shape index (κ2) is 5.05. The summed E-state index contributed by atoms with van der Waals surface area (Å²) in [6.07, 6.45) is 3.82. The Morgan fingerprint density at radius 1 is 1.64 bits per heavy atom. The fraction of sp³-hybridized carbons (Fsp3) is 0.900. The Balaban J connectivity index is 2.21. The molecule has 1 heterocycles. The molecule has 0 aromatic rings. The first kappa shape index (κ1) is 11.9. The number of nitrogens with two attached hydrogens (primary N) is 1. The summed E-state index contributed by atoms with van der Waals surface area (Å²) in [5.74, 6) is 0. The fourth-order valence-electron chi connectivity index (χ4n) is 1.99. The maximum Gasteiger partial charge on any atom is 0.0746 e. The van der Waals surface area contributed by atoms with Gasteiger partial charge in [0.15, 0.2) is 0 Å². The third-order valence-corrected chi connectivity index (χ3v) is 2.86. The summed E-state index contributed by atoms with van der Waals surface area (Å²) in [4.78, 5) is 2.88. The average molecular weight is 216 g/mol. The topological polar surface area (TPSA) is 49.5 Å². The molecule has 0 aromatic carbocycles. The van der Waals surface area contributed by atoms with Crippen molar-refractivity contribution in [3.05, 3.63) is 0 Å². The van der Waals surface area contributed by atoms with E-state index in [2.05, 4.69) is 4.90 Å². The quantitative estimate of drug-likeness (QED) is 0.686. The third-order valence-electron chi connectivity index (χ3n) is 2.65. The Bertz CT molecular complexity index is 206. The Hall–Kier alpha value is -0.190. The van der Waals surface area contributed by atoms with Gasteiger partial charge in [-0.25, -0.2) is 0 Å². The van der Waals surface area contributed by atoms with Crippen molar-refractivity contribution in [1.82, 2.24) is 4.90 Å². The van der Waals surface area contributed by atoms with Crippen molar-refractivity contribution in [3.63, 3.8) is 0 Å². The molecule has 0 amide bonds. The molecule has 1 rings (SSSR count). The van der Waals surface area contributed by atoms with Gasteiger partial charge in [0.25, 0.3) is 0 Å². The molecule has 1 saturated heterocycles. The van der Waals surface area contributed by atoms with Crippen molar-refractivity contribution in [2.24, 2.45) is 5.73 Å². The van der Waals surface area contributed by atoms with Gasteiger partial charge in [0.05, 0.1) is 10.6 Å². The van der Waals surface area contributed by atoms with Gasteiger partial charge in [-0.05, 0) is 45.7 Å². The first-order valence-electron chi connectivity index (χ1n) is 5.23. The highest BCUT2D eigenvalue weighted by atomic mass is 32.1. The predicted molar refractivity (Wildman–Crippen MR) is 62.3 cm³/mol. The van der Waals surface area contributed by atoms with Gasteiger partial charge in [-0.1, -0.05) is 12.2 Å². The lowest BCUT2D eigenvalue weighted by molar-refractivity contribution is -0.0155. The zero-order chi connectivity index (χ0) is 10.6. The van der Waals surface area contributed by atoms with Crippen LogP contribution in [0.5, 0.6) is 0 Å². The van der Waals surface area contributed by atoms with Crippen LogP contribution in [-0.4, -0.2) is 40.2 Å². The first-order chi connectivity index (χ1) is 6.49. The van der Waals surface area contributed by atoms with Crippen LogP contribution in [-0.2, 0) is 0 Å². The van der Waals surface area contributed by atoms with Crippen LogP contribution in [0.2, 0.25) is 0 Å². The van der Waals surface area contributed by atoms with Gasteiger partial charge in [-0.2, -0.15) is 0 Å². The van der Waals surface area contributed by atoms with Gasteiger partial charge >= 0.3 is 0 Å². The number of likely N-dealkylation sites (tertiary alicyclic amines) is 1. The molecule has 14 heavy (non-hydrogen) atoms. The van der Waals surface area contributed by atoms with Gasteiger partial charge in [0.2, 0.25) is 0 Å². The number of hydrogen-bond acceptors (Lipinski definition) is 3. The van der Waals surface area contributed by atoms with Gasteiger partial charge in [-0.3, -0.25) is 0 Å². The van der Waals surface area contributed by atoms with E-state index in [4.69, 9.17) is 18.0 Å². The molecule has 0 aliphatic carbocycles. The molecule has 0 radical (unpaired) electrons. The van der Waals surface area contributed by atoms with E-state index in [9.17, 15) is 5.11 Å². The van der Waals surface area contributed by atoms with E-state index in [0.717, 1.165) is 45.3 Å². The van der Waals surface area contributed by atoms with E-state index in [-0.39, 0.29) is 0 Å². The lowest BCUT2D eigenvalue weighted by atomic mass is 9.95. The number of hydrogen-bond donors (Lipinski definition) is 2. The lowest BCUT2D eigenvalue weighted by Gasteiger charge is -2.36. The van der Waals surface area contributed by atoms with Crippen LogP contribution in [0.3, 0.4) is 0 Å². The van der Waals surface area contributed by atoms with Crippen LogP contribution in [0.4, 0.5) is 0 Å².